The van der Waals surface area contributed by atoms with Crippen molar-refractivity contribution < 1.29 is 17.6 Å². The summed E-state index contributed by atoms with van der Waals surface area (Å²) in [5.41, 5.74) is -0.203. The zero-order valence-electron chi connectivity index (χ0n) is 10.7. The van der Waals surface area contributed by atoms with Crippen LogP contribution in [0.3, 0.4) is 0 Å². The van der Waals surface area contributed by atoms with Crippen LogP contribution in [0.2, 0.25) is 0 Å². The topological polar surface area (TPSA) is 29.9 Å². The molecule has 1 aromatic carbocycles. The Morgan fingerprint density at radius 1 is 1.30 bits per heavy atom. The molecule has 0 spiro atoms. The Bertz CT molecular complexity index is 590. The summed E-state index contributed by atoms with van der Waals surface area (Å²) < 4.78 is 52.2. The molecule has 7 heteroatoms. The van der Waals surface area contributed by atoms with Gasteiger partial charge in [0.05, 0.1) is 11.8 Å². The highest BCUT2D eigenvalue weighted by molar-refractivity contribution is 5.36. The fourth-order valence-corrected chi connectivity index (χ4v) is 1.72. The van der Waals surface area contributed by atoms with E-state index in [0.29, 0.717) is 12.7 Å². The summed E-state index contributed by atoms with van der Waals surface area (Å²) in [6.07, 6.45) is -3.05. The van der Waals surface area contributed by atoms with Gasteiger partial charge in [0, 0.05) is 12.7 Å². The third-order valence-corrected chi connectivity index (χ3v) is 2.75. The maximum absolute atomic E-state index is 13.9. The van der Waals surface area contributed by atoms with E-state index in [0.717, 1.165) is 23.0 Å². The molecule has 20 heavy (non-hydrogen) atoms. The number of hydrogen-bond donors (Lipinski definition) is 1. The van der Waals surface area contributed by atoms with Crippen LogP contribution in [0.4, 0.5) is 17.6 Å². The van der Waals surface area contributed by atoms with Crippen LogP contribution in [-0.2, 0) is 12.7 Å². The molecule has 0 aliphatic heterocycles. The summed E-state index contributed by atoms with van der Waals surface area (Å²) in [7, 11) is 0. The lowest BCUT2D eigenvalue weighted by Crippen LogP contribution is -2.12. The zero-order chi connectivity index (χ0) is 14.8. The second-order valence-electron chi connectivity index (χ2n) is 4.24. The Labute approximate surface area is 113 Å². The van der Waals surface area contributed by atoms with Crippen LogP contribution >= 0.6 is 0 Å². The molecule has 2 aromatic rings. The van der Waals surface area contributed by atoms with Gasteiger partial charge in [0.1, 0.15) is 11.5 Å². The highest BCUT2D eigenvalue weighted by atomic mass is 19.4. The van der Waals surface area contributed by atoms with E-state index in [1.54, 1.807) is 6.07 Å². The average Bonchev–Trinajstić information content (AvgIpc) is 2.85. The Kier molecular flexibility index (Phi) is 4.08. The van der Waals surface area contributed by atoms with Crippen LogP contribution in [0.25, 0.3) is 5.69 Å². The molecule has 0 unspecified atom stereocenters. The number of aromatic nitrogens is 2. The highest BCUT2D eigenvalue weighted by Gasteiger charge is 2.32. The maximum atomic E-state index is 13.9. The largest absolute Gasteiger partial charge is 0.419 e. The molecule has 0 fully saturated rings. The molecule has 108 valence electrons. The lowest BCUT2D eigenvalue weighted by molar-refractivity contribution is -0.137. The minimum Gasteiger partial charge on any atom is -0.313 e. The van der Waals surface area contributed by atoms with Crippen molar-refractivity contribution in [3.8, 4) is 5.69 Å². The first-order valence-electron chi connectivity index (χ1n) is 6.03. The van der Waals surface area contributed by atoms with Gasteiger partial charge in [-0.25, -0.2) is 9.07 Å². The molecule has 0 radical (unpaired) electrons. The van der Waals surface area contributed by atoms with Crippen molar-refractivity contribution in [1.82, 2.24) is 15.1 Å². The normalized spacial score (nSPS) is 11.8. The number of halogens is 4. The monoisotopic (exact) mass is 287 g/mol. The number of benzene rings is 1. The van der Waals surface area contributed by atoms with Gasteiger partial charge in [0.15, 0.2) is 0 Å². The predicted octanol–water partition coefficient (Wildman–Crippen LogP) is 3.14. The Hall–Kier alpha value is -1.89. The van der Waals surface area contributed by atoms with E-state index in [4.69, 9.17) is 0 Å². The van der Waals surface area contributed by atoms with Gasteiger partial charge >= 0.3 is 6.18 Å². The van der Waals surface area contributed by atoms with Gasteiger partial charge in [-0.3, -0.25) is 0 Å². The lowest BCUT2D eigenvalue weighted by Gasteiger charge is -2.07. The molecule has 1 heterocycles. The number of rotatable bonds is 4. The van der Waals surface area contributed by atoms with Crippen LogP contribution in [0.15, 0.2) is 30.6 Å². The fraction of sp³-hybridized carbons (Fsp3) is 0.308. The van der Waals surface area contributed by atoms with Crippen molar-refractivity contribution >= 4 is 0 Å². The van der Waals surface area contributed by atoms with Crippen LogP contribution in [0.5, 0.6) is 0 Å². The van der Waals surface area contributed by atoms with Crippen LogP contribution < -0.4 is 5.32 Å². The number of alkyl halides is 3. The molecule has 0 bridgehead atoms. The smallest absolute Gasteiger partial charge is 0.313 e. The molecule has 3 nitrogen and oxygen atoms in total. The second kappa shape index (κ2) is 5.62. The quantitative estimate of drug-likeness (QED) is 0.876. The Morgan fingerprint density at radius 2 is 2.05 bits per heavy atom. The van der Waals surface area contributed by atoms with E-state index < -0.39 is 17.6 Å². The Morgan fingerprint density at radius 3 is 2.60 bits per heavy atom. The summed E-state index contributed by atoms with van der Waals surface area (Å²) in [4.78, 5) is 0. The van der Waals surface area contributed by atoms with Gasteiger partial charge in [-0.15, -0.1) is 0 Å². The van der Waals surface area contributed by atoms with Gasteiger partial charge < -0.3 is 5.32 Å². The van der Waals surface area contributed by atoms with E-state index >= 15 is 0 Å². The summed E-state index contributed by atoms with van der Waals surface area (Å²) in [6.45, 7) is 3.17. The molecule has 0 saturated heterocycles. The lowest BCUT2D eigenvalue weighted by atomic mass is 10.2. The van der Waals surface area contributed by atoms with Crippen LogP contribution in [0.1, 0.15) is 18.1 Å². The van der Waals surface area contributed by atoms with E-state index in [1.165, 1.54) is 12.1 Å². The average molecular weight is 287 g/mol. The number of nitrogens with zero attached hydrogens (tertiary/aromatic N) is 2. The van der Waals surface area contributed by atoms with Gasteiger partial charge in [0.2, 0.25) is 0 Å². The molecule has 1 N–H and O–H groups in total. The van der Waals surface area contributed by atoms with E-state index in [2.05, 4.69) is 10.4 Å². The molecule has 0 aliphatic carbocycles. The van der Waals surface area contributed by atoms with Crippen LogP contribution in [-0.4, -0.2) is 16.3 Å². The summed E-state index contributed by atoms with van der Waals surface area (Å²) in [5.74, 6) is -0.614. The van der Waals surface area contributed by atoms with E-state index in [9.17, 15) is 17.6 Å². The van der Waals surface area contributed by atoms with Crippen molar-refractivity contribution in [3.63, 3.8) is 0 Å². The number of nitrogens with one attached hydrogen (secondary N) is 1. The highest BCUT2D eigenvalue weighted by Crippen LogP contribution is 2.29. The SMILES string of the molecule is CCNCc1ccc(-n2cc(C(F)(F)F)cn2)c(F)c1. The minimum atomic E-state index is -4.49. The third kappa shape index (κ3) is 3.16. The predicted molar refractivity (Wildman–Crippen MR) is 65.9 cm³/mol. The van der Waals surface area contributed by atoms with Gasteiger partial charge in [0.25, 0.3) is 0 Å². The zero-order valence-corrected chi connectivity index (χ0v) is 10.7. The van der Waals surface area contributed by atoms with Crippen LogP contribution in [0, 0.1) is 5.82 Å². The molecule has 2 rings (SSSR count). The molecule has 0 aliphatic rings. The van der Waals surface area contributed by atoms with Gasteiger partial charge in [-0.1, -0.05) is 13.0 Å². The summed E-state index contributed by atoms with van der Waals surface area (Å²) >= 11 is 0. The maximum Gasteiger partial charge on any atom is 0.419 e. The van der Waals surface area contributed by atoms with Crippen molar-refractivity contribution in [1.29, 1.82) is 0 Å². The van der Waals surface area contributed by atoms with E-state index in [1.807, 2.05) is 6.92 Å². The molecular formula is C13H13F4N3. The standard InChI is InChI=1S/C13H13F4N3/c1-2-18-6-9-3-4-12(11(14)5-9)20-8-10(7-19-20)13(15,16)17/h3-5,7-8,18H,2,6H2,1H3. The molecule has 0 saturated carbocycles. The first-order valence-corrected chi connectivity index (χ1v) is 6.03. The molecule has 1 aromatic heterocycles. The summed E-state index contributed by atoms with van der Waals surface area (Å²) in [6, 6.07) is 4.35. The first-order chi connectivity index (χ1) is 9.41. The van der Waals surface area contributed by atoms with Crippen molar-refractivity contribution in [2.45, 2.75) is 19.6 Å². The first kappa shape index (κ1) is 14.5. The molecular weight excluding hydrogens is 274 g/mol. The van der Waals surface area contributed by atoms with Crippen molar-refractivity contribution in [2.24, 2.45) is 0 Å². The van der Waals surface area contributed by atoms with Gasteiger partial charge in [-0.05, 0) is 24.2 Å². The number of hydrogen-bond acceptors (Lipinski definition) is 2. The fourth-order valence-electron chi connectivity index (χ4n) is 1.72. The minimum absolute atomic E-state index is 0.0132. The van der Waals surface area contributed by atoms with Gasteiger partial charge in [-0.2, -0.15) is 18.3 Å². The summed E-state index contributed by atoms with van der Waals surface area (Å²) in [5, 5.41) is 6.58. The third-order valence-electron chi connectivity index (χ3n) is 2.75. The van der Waals surface area contributed by atoms with Crippen molar-refractivity contribution in [3.05, 3.63) is 47.5 Å². The molecule has 0 atom stereocenters. The van der Waals surface area contributed by atoms with Crippen molar-refractivity contribution in [2.75, 3.05) is 6.54 Å². The van der Waals surface area contributed by atoms with E-state index in [-0.39, 0.29) is 5.69 Å². The Balaban J connectivity index is 2.27. The molecule has 0 amide bonds. The second-order valence-corrected chi connectivity index (χ2v) is 4.24.